The van der Waals surface area contributed by atoms with Gasteiger partial charge < -0.3 is 16.0 Å². The van der Waals surface area contributed by atoms with Crippen LogP contribution in [-0.4, -0.2) is 37.5 Å². The van der Waals surface area contributed by atoms with Crippen molar-refractivity contribution in [2.75, 3.05) is 19.6 Å². The molecule has 5 heteroatoms. The van der Waals surface area contributed by atoms with E-state index < -0.39 is 0 Å². The van der Waals surface area contributed by atoms with Gasteiger partial charge in [-0.1, -0.05) is 0 Å². The summed E-state index contributed by atoms with van der Waals surface area (Å²) in [5, 5.41) is 8.91. The van der Waals surface area contributed by atoms with E-state index in [-0.39, 0.29) is 17.9 Å². The van der Waals surface area contributed by atoms with Gasteiger partial charge in [-0.15, -0.1) is 0 Å². The summed E-state index contributed by atoms with van der Waals surface area (Å²) in [4.78, 5) is 22.7. The van der Waals surface area contributed by atoms with E-state index in [1.54, 1.807) is 0 Å². The van der Waals surface area contributed by atoms with Gasteiger partial charge in [-0.2, -0.15) is 0 Å². The first-order valence-corrected chi connectivity index (χ1v) is 6.03. The van der Waals surface area contributed by atoms with E-state index in [1.165, 1.54) is 0 Å². The molecule has 0 aromatic rings. The molecular weight excluding hydrogens is 206 g/mol. The average molecular weight is 225 g/mol. The number of hydrogen-bond donors (Lipinski definition) is 3. The van der Waals surface area contributed by atoms with Gasteiger partial charge in [0.15, 0.2) is 0 Å². The summed E-state index contributed by atoms with van der Waals surface area (Å²) in [6, 6.07) is -0.297. The van der Waals surface area contributed by atoms with Crippen molar-refractivity contribution >= 4 is 11.8 Å². The molecule has 5 nitrogen and oxygen atoms in total. The van der Waals surface area contributed by atoms with E-state index in [0.717, 1.165) is 32.5 Å². The van der Waals surface area contributed by atoms with E-state index in [2.05, 4.69) is 16.0 Å². The number of amides is 2. The predicted molar refractivity (Wildman–Crippen MR) is 59.8 cm³/mol. The van der Waals surface area contributed by atoms with Crippen molar-refractivity contribution in [1.82, 2.24) is 16.0 Å². The quantitative estimate of drug-likeness (QED) is 0.599. The Labute approximate surface area is 95.3 Å². The maximum Gasteiger partial charge on any atom is 0.242 e. The molecule has 0 saturated carbocycles. The number of rotatable bonds is 3. The minimum Gasteiger partial charge on any atom is -0.354 e. The zero-order valence-corrected chi connectivity index (χ0v) is 9.42. The van der Waals surface area contributed by atoms with Gasteiger partial charge in [-0.05, 0) is 38.3 Å². The first-order chi connectivity index (χ1) is 7.75. The summed E-state index contributed by atoms with van der Waals surface area (Å²) in [5.41, 5.74) is 0. The fraction of sp³-hybridized carbons (Fsp3) is 0.818. The summed E-state index contributed by atoms with van der Waals surface area (Å²) in [5.74, 6) is 0.550. The van der Waals surface area contributed by atoms with E-state index >= 15 is 0 Å². The lowest BCUT2D eigenvalue weighted by Gasteiger charge is -2.23. The van der Waals surface area contributed by atoms with Gasteiger partial charge in [0.2, 0.25) is 11.8 Å². The van der Waals surface area contributed by atoms with Crippen LogP contribution in [0, 0.1) is 5.92 Å². The lowest BCUT2D eigenvalue weighted by Crippen LogP contribution is -2.44. The molecule has 90 valence electrons. The van der Waals surface area contributed by atoms with Gasteiger partial charge in [0.1, 0.15) is 6.04 Å². The summed E-state index contributed by atoms with van der Waals surface area (Å²) in [6.07, 6.45) is 3.36. The van der Waals surface area contributed by atoms with Crippen LogP contribution in [-0.2, 0) is 9.59 Å². The van der Waals surface area contributed by atoms with Crippen molar-refractivity contribution in [2.45, 2.75) is 31.7 Å². The minimum absolute atomic E-state index is 0.0120. The molecular formula is C11H19N3O2. The fourth-order valence-corrected chi connectivity index (χ4v) is 2.26. The highest BCUT2D eigenvalue weighted by Gasteiger charge is 2.27. The van der Waals surface area contributed by atoms with Gasteiger partial charge in [0, 0.05) is 13.0 Å². The second-order valence-electron chi connectivity index (χ2n) is 4.60. The van der Waals surface area contributed by atoms with Gasteiger partial charge in [0.25, 0.3) is 0 Å². The number of piperidine rings is 1. The average Bonchev–Trinajstić information content (AvgIpc) is 2.74. The Hall–Kier alpha value is -1.10. The van der Waals surface area contributed by atoms with Crippen molar-refractivity contribution in [2.24, 2.45) is 5.92 Å². The zero-order valence-electron chi connectivity index (χ0n) is 9.42. The third-order valence-corrected chi connectivity index (χ3v) is 3.34. The molecule has 16 heavy (non-hydrogen) atoms. The van der Waals surface area contributed by atoms with Crippen LogP contribution >= 0.6 is 0 Å². The molecule has 0 unspecified atom stereocenters. The molecule has 3 N–H and O–H groups in total. The van der Waals surface area contributed by atoms with Crippen molar-refractivity contribution in [1.29, 1.82) is 0 Å². The molecule has 0 bridgehead atoms. The maximum absolute atomic E-state index is 11.7. The summed E-state index contributed by atoms with van der Waals surface area (Å²) in [6.45, 7) is 2.83. The number of nitrogens with one attached hydrogen (secondary N) is 3. The van der Waals surface area contributed by atoms with Crippen molar-refractivity contribution in [3.05, 3.63) is 0 Å². The Morgan fingerprint density at radius 2 is 2.06 bits per heavy atom. The monoisotopic (exact) mass is 225 g/mol. The van der Waals surface area contributed by atoms with E-state index in [9.17, 15) is 9.59 Å². The smallest absolute Gasteiger partial charge is 0.242 e. The minimum atomic E-state index is -0.297. The molecule has 2 aliphatic rings. The predicted octanol–water partition coefficient (Wildman–Crippen LogP) is -0.619. The lowest BCUT2D eigenvalue weighted by molar-refractivity contribution is -0.125. The van der Waals surface area contributed by atoms with Crippen LogP contribution in [0.4, 0.5) is 0 Å². The van der Waals surface area contributed by atoms with Crippen molar-refractivity contribution in [3.8, 4) is 0 Å². The highest BCUT2D eigenvalue weighted by molar-refractivity contribution is 5.90. The number of carbonyl (C=O) groups excluding carboxylic acids is 2. The topological polar surface area (TPSA) is 70.2 Å². The van der Waals surface area contributed by atoms with Crippen LogP contribution < -0.4 is 16.0 Å². The Kier molecular flexibility index (Phi) is 3.77. The molecule has 2 rings (SSSR count). The largest absolute Gasteiger partial charge is 0.354 e. The molecule has 2 amide bonds. The highest BCUT2D eigenvalue weighted by Crippen LogP contribution is 2.11. The van der Waals surface area contributed by atoms with E-state index in [1.807, 2.05) is 0 Å². The fourth-order valence-electron chi connectivity index (χ4n) is 2.26. The maximum atomic E-state index is 11.7. The van der Waals surface area contributed by atoms with Crippen LogP contribution in [0.2, 0.25) is 0 Å². The van der Waals surface area contributed by atoms with Gasteiger partial charge >= 0.3 is 0 Å². The van der Waals surface area contributed by atoms with Gasteiger partial charge in [0.05, 0.1) is 0 Å². The van der Waals surface area contributed by atoms with Crippen LogP contribution in [0.1, 0.15) is 25.7 Å². The first-order valence-electron chi connectivity index (χ1n) is 6.03. The molecule has 0 radical (unpaired) electrons. The lowest BCUT2D eigenvalue weighted by atomic mass is 9.98. The van der Waals surface area contributed by atoms with Crippen LogP contribution in [0.5, 0.6) is 0 Å². The summed E-state index contributed by atoms with van der Waals surface area (Å²) >= 11 is 0. The standard InChI is InChI=1S/C11H19N3O2/c15-10-2-1-9(14-10)11(16)13-7-8-3-5-12-6-4-8/h8-9,12H,1-7H2,(H,13,16)(H,14,15)/t9-/m1/s1. The molecule has 2 aliphatic heterocycles. The Morgan fingerprint density at radius 3 is 2.69 bits per heavy atom. The molecule has 2 heterocycles. The Bertz CT molecular complexity index is 274. The molecule has 0 aromatic heterocycles. The van der Waals surface area contributed by atoms with Crippen LogP contribution in [0.3, 0.4) is 0 Å². The first kappa shape index (κ1) is 11.4. The van der Waals surface area contributed by atoms with E-state index in [4.69, 9.17) is 0 Å². The van der Waals surface area contributed by atoms with Gasteiger partial charge in [-0.3, -0.25) is 9.59 Å². The van der Waals surface area contributed by atoms with Crippen LogP contribution in [0.15, 0.2) is 0 Å². The highest BCUT2D eigenvalue weighted by atomic mass is 16.2. The molecule has 0 aromatic carbocycles. The van der Waals surface area contributed by atoms with Crippen LogP contribution in [0.25, 0.3) is 0 Å². The normalized spacial score (nSPS) is 26.5. The second-order valence-corrected chi connectivity index (χ2v) is 4.60. The molecule has 0 spiro atoms. The molecule has 2 fully saturated rings. The van der Waals surface area contributed by atoms with Crippen molar-refractivity contribution in [3.63, 3.8) is 0 Å². The molecule has 0 aliphatic carbocycles. The molecule has 2 saturated heterocycles. The zero-order chi connectivity index (χ0) is 11.4. The van der Waals surface area contributed by atoms with Crippen molar-refractivity contribution < 1.29 is 9.59 Å². The second kappa shape index (κ2) is 5.30. The van der Waals surface area contributed by atoms with E-state index in [0.29, 0.717) is 18.8 Å². The van der Waals surface area contributed by atoms with Gasteiger partial charge in [-0.25, -0.2) is 0 Å². The third kappa shape index (κ3) is 2.95. The third-order valence-electron chi connectivity index (χ3n) is 3.34. The number of hydrogen-bond acceptors (Lipinski definition) is 3. The Morgan fingerprint density at radius 1 is 1.31 bits per heavy atom. The Balaban J connectivity index is 1.68. The SMILES string of the molecule is O=C1CC[C@H](C(=O)NCC2CCNCC2)N1. The summed E-state index contributed by atoms with van der Waals surface area (Å²) < 4.78 is 0. The number of carbonyl (C=O) groups is 2. The molecule has 1 atom stereocenters. The summed E-state index contributed by atoms with van der Waals surface area (Å²) in [7, 11) is 0.